The molecule has 1 saturated heterocycles. The Morgan fingerprint density at radius 3 is 2.57 bits per heavy atom. The van der Waals surface area contributed by atoms with Crippen molar-refractivity contribution in [3.05, 3.63) is 59.7 Å². The van der Waals surface area contributed by atoms with E-state index in [0.717, 1.165) is 12.1 Å². The van der Waals surface area contributed by atoms with Gasteiger partial charge in [0, 0.05) is 24.8 Å². The Morgan fingerprint density at radius 2 is 1.86 bits per heavy atom. The zero-order chi connectivity index (χ0) is 20.3. The van der Waals surface area contributed by atoms with Crippen molar-refractivity contribution < 1.29 is 27.9 Å². The van der Waals surface area contributed by atoms with E-state index in [0.29, 0.717) is 0 Å². The summed E-state index contributed by atoms with van der Waals surface area (Å²) < 4.78 is 31.2. The van der Waals surface area contributed by atoms with Crippen molar-refractivity contribution in [2.75, 3.05) is 37.0 Å². The van der Waals surface area contributed by atoms with Crippen LogP contribution in [0.1, 0.15) is 10.4 Å². The largest absolute Gasteiger partial charge is 0.465 e. The molecule has 0 spiro atoms. The van der Waals surface area contributed by atoms with Crippen molar-refractivity contribution >= 4 is 29.3 Å². The zero-order valence-electron chi connectivity index (χ0n) is 14.9. The predicted molar refractivity (Wildman–Crippen MR) is 97.1 cm³/mol. The van der Waals surface area contributed by atoms with Crippen LogP contribution in [0.5, 0.6) is 0 Å². The quantitative estimate of drug-likeness (QED) is 0.798. The molecule has 1 aliphatic rings. The van der Waals surface area contributed by atoms with Gasteiger partial charge >= 0.3 is 12.0 Å². The van der Waals surface area contributed by atoms with Gasteiger partial charge in [0.1, 0.15) is 6.54 Å². The van der Waals surface area contributed by atoms with Crippen molar-refractivity contribution in [1.29, 1.82) is 0 Å². The molecular weight excluding hydrogens is 372 g/mol. The Kier molecular flexibility index (Phi) is 5.53. The number of methoxy groups -OCH3 is 1. The Morgan fingerprint density at radius 1 is 1.11 bits per heavy atom. The molecule has 1 N–H and O–H groups in total. The standard InChI is InChI=1S/C19H17F2N3O4/c1-28-18(26)13-4-2-3-5-16(13)22-17(25)11-23-8-9-24(19(23)27)12-6-7-14(20)15(21)10-12/h2-7,10H,8-9,11H2,1H3,(H,22,25). The maximum absolute atomic E-state index is 13.4. The number of benzene rings is 2. The number of esters is 1. The minimum absolute atomic E-state index is 0.189. The number of ether oxygens (including phenoxy) is 1. The fourth-order valence-corrected chi connectivity index (χ4v) is 2.87. The summed E-state index contributed by atoms with van der Waals surface area (Å²) in [7, 11) is 1.23. The van der Waals surface area contributed by atoms with E-state index >= 15 is 0 Å². The molecule has 3 amide bonds. The number of anilines is 2. The number of urea groups is 1. The summed E-state index contributed by atoms with van der Waals surface area (Å²) in [5.74, 6) is -3.16. The number of para-hydroxylation sites is 1. The first-order valence-electron chi connectivity index (χ1n) is 8.39. The van der Waals surface area contributed by atoms with Crippen LogP contribution in [0.15, 0.2) is 42.5 Å². The average molecular weight is 389 g/mol. The highest BCUT2D eigenvalue weighted by molar-refractivity contribution is 6.03. The normalized spacial score (nSPS) is 13.6. The number of carbonyl (C=O) groups excluding carboxylic acids is 3. The van der Waals surface area contributed by atoms with Gasteiger partial charge in [-0.05, 0) is 24.3 Å². The van der Waals surface area contributed by atoms with Crippen LogP contribution in [0.3, 0.4) is 0 Å². The van der Waals surface area contributed by atoms with Crippen molar-refractivity contribution in [2.45, 2.75) is 0 Å². The van der Waals surface area contributed by atoms with Crippen LogP contribution < -0.4 is 10.2 Å². The molecule has 0 atom stereocenters. The van der Waals surface area contributed by atoms with Crippen LogP contribution in [0.2, 0.25) is 0 Å². The van der Waals surface area contributed by atoms with Gasteiger partial charge < -0.3 is 15.0 Å². The Hall–Kier alpha value is -3.49. The first-order chi connectivity index (χ1) is 13.4. The van der Waals surface area contributed by atoms with Gasteiger partial charge in [-0.25, -0.2) is 18.4 Å². The number of rotatable bonds is 5. The Balaban J connectivity index is 1.66. The molecule has 0 radical (unpaired) electrons. The lowest BCUT2D eigenvalue weighted by Crippen LogP contribution is -2.37. The molecule has 28 heavy (non-hydrogen) atoms. The van der Waals surface area contributed by atoms with E-state index in [9.17, 15) is 23.2 Å². The summed E-state index contributed by atoms with van der Waals surface area (Å²) in [6, 6.07) is 9.01. The van der Waals surface area contributed by atoms with E-state index in [1.807, 2.05) is 0 Å². The first-order valence-corrected chi connectivity index (χ1v) is 8.39. The third kappa shape index (κ3) is 3.93. The maximum atomic E-state index is 13.4. The number of hydrogen-bond acceptors (Lipinski definition) is 4. The molecule has 0 aromatic heterocycles. The number of halogens is 2. The zero-order valence-corrected chi connectivity index (χ0v) is 14.9. The molecule has 2 aromatic rings. The lowest BCUT2D eigenvalue weighted by molar-refractivity contribution is -0.116. The first kappa shape index (κ1) is 19.3. The Bertz CT molecular complexity index is 935. The number of nitrogens with one attached hydrogen (secondary N) is 1. The highest BCUT2D eigenvalue weighted by Crippen LogP contribution is 2.23. The summed E-state index contributed by atoms with van der Waals surface area (Å²) in [4.78, 5) is 39.1. The van der Waals surface area contributed by atoms with Gasteiger partial charge in [-0.3, -0.25) is 9.69 Å². The molecule has 146 valence electrons. The van der Waals surface area contributed by atoms with Crippen LogP contribution >= 0.6 is 0 Å². The average Bonchev–Trinajstić information content (AvgIpc) is 3.04. The topological polar surface area (TPSA) is 79.0 Å². The van der Waals surface area contributed by atoms with E-state index in [-0.39, 0.29) is 36.6 Å². The third-order valence-electron chi connectivity index (χ3n) is 4.25. The summed E-state index contributed by atoms with van der Waals surface area (Å²) in [6.45, 7) is 0.217. The number of amides is 3. The molecule has 1 heterocycles. The van der Waals surface area contributed by atoms with Gasteiger partial charge in [-0.15, -0.1) is 0 Å². The molecule has 1 fully saturated rings. The molecule has 9 heteroatoms. The van der Waals surface area contributed by atoms with Crippen molar-refractivity contribution in [3.8, 4) is 0 Å². The van der Waals surface area contributed by atoms with Gasteiger partial charge in [-0.2, -0.15) is 0 Å². The third-order valence-corrected chi connectivity index (χ3v) is 4.25. The second-order valence-electron chi connectivity index (χ2n) is 6.04. The van der Waals surface area contributed by atoms with E-state index in [2.05, 4.69) is 10.1 Å². The number of nitrogens with zero attached hydrogens (tertiary/aromatic N) is 2. The number of carbonyl (C=O) groups is 3. The SMILES string of the molecule is COC(=O)c1ccccc1NC(=O)CN1CCN(c2ccc(F)c(F)c2)C1=O. The molecule has 0 bridgehead atoms. The van der Waals surface area contributed by atoms with Gasteiger partial charge in [0.2, 0.25) is 5.91 Å². The highest BCUT2D eigenvalue weighted by atomic mass is 19.2. The van der Waals surface area contributed by atoms with Gasteiger partial charge in [0.25, 0.3) is 0 Å². The molecule has 7 nitrogen and oxygen atoms in total. The van der Waals surface area contributed by atoms with Crippen LogP contribution in [0.25, 0.3) is 0 Å². The molecule has 1 aliphatic heterocycles. The van der Waals surface area contributed by atoms with Crippen LogP contribution in [0, 0.1) is 11.6 Å². The van der Waals surface area contributed by atoms with Crippen LogP contribution in [0.4, 0.5) is 25.0 Å². The smallest absolute Gasteiger partial charge is 0.339 e. The maximum Gasteiger partial charge on any atom is 0.339 e. The van der Waals surface area contributed by atoms with Crippen LogP contribution in [-0.4, -0.2) is 49.6 Å². The van der Waals surface area contributed by atoms with E-state index < -0.39 is 29.5 Å². The molecular formula is C19H17F2N3O4. The fraction of sp³-hybridized carbons (Fsp3) is 0.211. The van der Waals surface area contributed by atoms with E-state index in [1.165, 1.54) is 29.0 Å². The molecule has 0 unspecified atom stereocenters. The second-order valence-corrected chi connectivity index (χ2v) is 6.04. The van der Waals surface area contributed by atoms with Crippen molar-refractivity contribution in [2.24, 2.45) is 0 Å². The molecule has 2 aromatic carbocycles. The Labute approximate surface area is 159 Å². The van der Waals surface area contributed by atoms with Crippen LogP contribution in [-0.2, 0) is 9.53 Å². The molecule has 0 saturated carbocycles. The monoisotopic (exact) mass is 389 g/mol. The minimum atomic E-state index is -1.05. The second kappa shape index (κ2) is 8.03. The van der Waals surface area contributed by atoms with Gasteiger partial charge in [-0.1, -0.05) is 12.1 Å². The van der Waals surface area contributed by atoms with E-state index in [1.54, 1.807) is 18.2 Å². The lowest BCUT2D eigenvalue weighted by Gasteiger charge is -2.19. The fourth-order valence-electron chi connectivity index (χ4n) is 2.87. The van der Waals surface area contributed by atoms with E-state index in [4.69, 9.17) is 0 Å². The van der Waals surface area contributed by atoms with Crippen molar-refractivity contribution in [1.82, 2.24) is 4.90 Å². The van der Waals surface area contributed by atoms with Gasteiger partial charge in [0.05, 0.1) is 18.4 Å². The predicted octanol–water partition coefficient (Wildman–Crippen LogP) is 2.63. The number of hydrogen-bond donors (Lipinski definition) is 1. The highest BCUT2D eigenvalue weighted by Gasteiger charge is 2.31. The molecule has 0 aliphatic carbocycles. The van der Waals surface area contributed by atoms with Crippen molar-refractivity contribution in [3.63, 3.8) is 0 Å². The summed E-state index contributed by atoms with van der Waals surface area (Å²) >= 11 is 0. The van der Waals surface area contributed by atoms with Gasteiger partial charge in [0.15, 0.2) is 11.6 Å². The summed E-state index contributed by atoms with van der Waals surface area (Å²) in [5.41, 5.74) is 0.667. The summed E-state index contributed by atoms with van der Waals surface area (Å²) in [6.07, 6.45) is 0. The summed E-state index contributed by atoms with van der Waals surface area (Å²) in [5, 5.41) is 2.58. The lowest BCUT2D eigenvalue weighted by atomic mass is 10.2. The molecule has 3 rings (SSSR count). The minimum Gasteiger partial charge on any atom is -0.465 e.